The van der Waals surface area contributed by atoms with Crippen molar-refractivity contribution in [3.05, 3.63) is 60.2 Å². The molecule has 40 heavy (non-hydrogen) atoms. The van der Waals surface area contributed by atoms with E-state index in [9.17, 15) is 9.90 Å². The first-order valence-corrected chi connectivity index (χ1v) is 13.6. The average molecular weight is 544 g/mol. The number of amides is 1. The predicted molar refractivity (Wildman–Crippen MR) is 157 cm³/mol. The van der Waals surface area contributed by atoms with Crippen molar-refractivity contribution >= 4 is 29.0 Å². The van der Waals surface area contributed by atoms with Crippen molar-refractivity contribution in [2.75, 3.05) is 37.5 Å². The van der Waals surface area contributed by atoms with Gasteiger partial charge >= 0.3 is 6.09 Å². The van der Waals surface area contributed by atoms with Gasteiger partial charge in [0.2, 0.25) is 11.7 Å². The third kappa shape index (κ3) is 5.47. The van der Waals surface area contributed by atoms with E-state index in [2.05, 4.69) is 27.8 Å². The molecule has 1 amide bonds. The van der Waals surface area contributed by atoms with Crippen molar-refractivity contribution in [1.29, 1.82) is 0 Å². The smallest absolute Gasteiger partial charge is 0.408 e. The molecule has 2 heterocycles. The van der Waals surface area contributed by atoms with Gasteiger partial charge in [0.1, 0.15) is 17.2 Å². The molecule has 0 unspecified atom stereocenters. The van der Waals surface area contributed by atoms with Gasteiger partial charge in [-0.3, -0.25) is 0 Å². The lowest BCUT2D eigenvalue weighted by Crippen LogP contribution is -2.52. The Morgan fingerprint density at radius 1 is 1.05 bits per heavy atom. The van der Waals surface area contributed by atoms with Crippen LogP contribution in [0.4, 0.5) is 16.6 Å². The zero-order chi connectivity index (χ0) is 28.5. The fraction of sp³-hybridized carbons (Fsp3) is 0.387. The number of carbonyl (C=O) groups excluding carboxylic acids is 1. The van der Waals surface area contributed by atoms with E-state index in [4.69, 9.17) is 14.1 Å². The molecule has 2 aromatic heterocycles. The summed E-state index contributed by atoms with van der Waals surface area (Å²) in [6.45, 7) is 5.89. The Labute approximate surface area is 234 Å². The summed E-state index contributed by atoms with van der Waals surface area (Å²) in [5, 5.41) is 16.3. The van der Waals surface area contributed by atoms with E-state index < -0.39 is 17.2 Å². The van der Waals surface area contributed by atoms with Gasteiger partial charge in [0, 0.05) is 31.8 Å². The Hall–Kier alpha value is -4.11. The van der Waals surface area contributed by atoms with Crippen molar-refractivity contribution < 1.29 is 19.1 Å². The van der Waals surface area contributed by atoms with Gasteiger partial charge in [-0.2, -0.15) is 9.97 Å². The van der Waals surface area contributed by atoms with Crippen LogP contribution in [0.25, 0.3) is 33.6 Å². The predicted octanol–water partition coefficient (Wildman–Crippen LogP) is 5.93. The third-order valence-corrected chi connectivity index (χ3v) is 7.06. The highest BCUT2D eigenvalue weighted by molar-refractivity contribution is 6.06. The highest BCUT2D eigenvalue weighted by Gasteiger charge is 2.41. The van der Waals surface area contributed by atoms with Crippen LogP contribution in [0.2, 0.25) is 0 Å². The molecule has 0 atom stereocenters. The number of aliphatic hydroxyl groups is 1. The highest BCUT2D eigenvalue weighted by Crippen LogP contribution is 2.45. The number of furan rings is 1. The second-order valence-corrected chi connectivity index (χ2v) is 11.4. The minimum absolute atomic E-state index is 0.0337. The lowest BCUT2D eigenvalue weighted by Gasteiger charge is -2.43. The molecule has 0 radical (unpaired) electrons. The van der Waals surface area contributed by atoms with Gasteiger partial charge < -0.3 is 29.8 Å². The number of benzene rings is 2. The lowest BCUT2D eigenvalue weighted by molar-refractivity contribution is 0.0377. The number of hydrogen-bond acceptors (Lipinski definition) is 8. The second-order valence-electron chi connectivity index (χ2n) is 11.4. The number of aromatic nitrogens is 2. The number of aliphatic hydroxyl groups excluding tert-OH is 1. The third-order valence-electron chi connectivity index (χ3n) is 7.06. The summed E-state index contributed by atoms with van der Waals surface area (Å²) in [6.07, 6.45) is 2.35. The normalized spacial score (nSPS) is 14.4. The van der Waals surface area contributed by atoms with E-state index in [-0.39, 0.29) is 6.61 Å². The van der Waals surface area contributed by atoms with Crippen LogP contribution >= 0.6 is 0 Å². The van der Waals surface area contributed by atoms with Crippen molar-refractivity contribution in [3.63, 3.8) is 0 Å². The van der Waals surface area contributed by atoms with Crippen LogP contribution in [0, 0.1) is 0 Å². The molecule has 3 N–H and O–H groups in total. The highest BCUT2D eigenvalue weighted by atomic mass is 16.6. The maximum absolute atomic E-state index is 12.6. The molecule has 0 spiro atoms. The maximum atomic E-state index is 12.6. The monoisotopic (exact) mass is 543 g/mol. The van der Waals surface area contributed by atoms with Gasteiger partial charge in [-0.05, 0) is 51.2 Å². The van der Waals surface area contributed by atoms with Crippen molar-refractivity contribution in [2.45, 2.75) is 51.2 Å². The van der Waals surface area contributed by atoms with Crippen molar-refractivity contribution in [1.82, 2.24) is 15.3 Å². The number of anilines is 2. The van der Waals surface area contributed by atoms with E-state index in [1.807, 2.05) is 82.2 Å². The number of fused-ring (bicyclic) bond motifs is 1. The van der Waals surface area contributed by atoms with Crippen LogP contribution in [-0.4, -0.2) is 54.0 Å². The fourth-order valence-corrected chi connectivity index (χ4v) is 5.09. The van der Waals surface area contributed by atoms with Crippen LogP contribution < -0.4 is 15.5 Å². The SMILES string of the molecule is CN(C)c1nc(NCCO)nc2oc(-c3ccc(C4(NC(=O)OC(C)(C)C)CCC4)cc3)c(-c3ccccc3)c12. The topological polar surface area (TPSA) is 113 Å². The molecule has 9 heteroatoms. The zero-order valence-electron chi connectivity index (χ0n) is 23.7. The molecule has 1 fully saturated rings. The molecular formula is C31H37N5O4. The van der Waals surface area contributed by atoms with E-state index >= 15 is 0 Å². The van der Waals surface area contributed by atoms with Crippen LogP contribution in [0.1, 0.15) is 45.6 Å². The number of rotatable bonds is 8. The summed E-state index contributed by atoms with van der Waals surface area (Å²) in [6, 6.07) is 18.3. The second kappa shape index (κ2) is 10.8. The van der Waals surface area contributed by atoms with E-state index in [1.165, 1.54) is 0 Å². The largest absolute Gasteiger partial charge is 0.444 e. The lowest BCUT2D eigenvalue weighted by atomic mass is 9.71. The summed E-state index contributed by atoms with van der Waals surface area (Å²) in [7, 11) is 3.87. The summed E-state index contributed by atoms with van der Waals surface area (Å²) < 4.78 is 12.0. The molecule has 1 aliphatic rings. The Bertz CT molecular complexity index is 1490. The van der Waals surface area contributed by atoms with Gasteiger partial charge in [-0.1, -0.05) is 54.6 Å². The molecule has 5 rings (SSSR count). The summed E-state index contributed by atoms with van der Waals surface area (Å²) in [5.41, 5.74) is 3.29. The maximum Gasteiger partial charge on any atom is 0.408 e. The first-order chi connectivity index (χ1) is 19.1. The molecule has 9 nitrogen and oxygen atoms in total. The Kier molecular flexibility index (Phi) is 7.42. The first-order valence-electron chi connectivity index (χ1n) is 13.6. The van der Waals surface area contributed by atoms with Gasteiger partial charge in [0.15, 0.2) is 0 Å². The Balaban J connectivity index is 1.58. The standard InChI is InChI=1S/C31H37N5O4/c1-30(2,3)40-29(38)35-31(16-9-17-31)22-14-12-21(13-15-22)25-23(20-10-7-6-8-11-20)24-26(36(4)5)33-28(32-18-19-37)34-27(24)39-25/h6-8,10-15,37H,9,16-19H2,1-5H3,(H,35,38)(H,32,33,34). The van der Waals surface area contributed by atoms with Crippen LogP contribution in [0.5, 0.6) is 0 Å². The number of alkyl carbamates (subject to hydrolysis) is 1. The summed E-state index contributed by atoms with van der Waals surface area (Å²) in [4.78, 5) is 23.9. The molecule has 210 valence electrons. The molecule has 0 aliphatic heterocycles. The molecule has 1 saturated carbocycles. The minimum Gasteiger partial charge on any atom is -0.444 e. The number of hydrogen-bond donors (Lipinski definition) is 3. The summed E-state index contributed by atoms with van der Waals surface area (Å²) >= 11 is 0. The molecule has 0 bridgehead atoms. The Morgan fingerprint density at radius 3 is 2.33 bits per heavy atom. The van der Waals surface area contributed by atoms with E-state index in [1.54, 1.807) is 0 Å². The molecular weight excluding hydrogens is 506 g/mol. The van der Waals surface area contributed by atoms with E-state index in [0.29, 0.717) is 29.8 Å². The van der Waals surface area contributed by atoms with Crippen molar-refractivity contribution in [3.8, 4) is 22.5 Å². The number of carbonyl (C=O) groups is 1. The van der Waals surface area contributed by atoms with Gasteiger partial charge in [-0.15, -0.1) is 0 Å². The average Bonchev–Trinajstić information content (AvgIpc) is 3.28. The Morgan fingerprint density at radius 2 is 1.75 bits per heavy atom. The fourth-order valence-electron chi connectivity index (χ4n) is 5.09. The van der Waals surface area contributed by atoms with E-state index in [0.717, 1.165) is 46.9 Å². The number of nitrogens with zero attached hydrogens (tertiary/aromatic N) is 3. The first kappa shape index (κ1) is 27.5. The number of ether oxygens (including phenoxy) is 1. The summed E-state index contributed by atoms with van der Waals surface area (Å²) in [5.74, 6) is 1.79. The van der Waals surface area contributed by atoms with Gasteiger partial charge in [0.25, 0.3) is 0 Å². The molecule has 0 saturated heterocycles. The minimum atomic E-state index is -0.560. The molecule has 4 aromatic rings. The molecule has 2 aromatic carbocycles. The van der Waals surface area contributed by atoms with Crippen LogP contribution in [-0.2, 0) is 10.3 Å². The van der Waals surface area contributed by atoms with Crippen molar-refractivity contribution in [2.24, 2.45) is 0 Å². The molecule has 1 aliphatic carbocycles. The van der Waals surface area contributed by atoms with Gasteiger partial charge in [-0.25, -0.2) is 4.79 Å². The quantitative estimate of drug-likeness (QED) is 0.251. The zero-order valence-corrected chi connectivity index (χ0v) is 23.7. The van der Waals surface area contributed by atoms with Crippen LogP contribution in [0.15, 0.2) is 59.0 Å². The van der Waals surface area contributed by atoms with Gasteiger partial charge in [0.05, 0.1) is 17.5 Å². The number of nitrogens with one attached hydrogen (secondary N) is 2. The van der Waals surface area contributed by atoms with Crippen LogP contribution in [0.3, 0.4) is 0 Å².